The van der Waals surface area contributed by atoms with Crippen molar-refractivity contribution in [3.63, 3.8) is 0 Å². The van der Waals surface area contributed by atoms with Crippen molar-refractivity contribution in [3.8, 4) is 5.75 Å². The molecular formula is C18H23NO2. The van der Waals surface area contributed by atoms with E-state index >= 15 is 0 Å². The van der Waals surface area contributed by atoms with E-state index in [1.165, 1.54) is 11.1 Å². The van der Waals surface area contributed by atoms with E-state index in [0.29, 0.717) is 13.0 Å². The molecule has 0 aliphatic heterocycles. The van der Waals surface area contributed by atoms with E-state index in [4.69, 9.17) is 10.5 Å². The molecule has 3 N–H and O–H groups in total. The molecule has 0 aliphatic rings. The molecule has 112 valence electrons. The first-order valence-electron chi connectivity index (χ1n) is 7.22. The summed E-state index contributed by atoms with van der Waals surface area (Å²) in [5, 5.41) is 10.7. The summed E-state index contributed by atoms with van der Waals surface area (Å²) in [6.45, 7) is 4.68. The molecule has 0 spiro atoms. The third-order valence-electron chi connectivity index (χ3n) is 3.63. The van der Waals surface area contributed by atoms with Crippen molar-refractivity contribution in [2.24, 2.45) is 5.73 Å². The molecule has 0 saturated carbocycles. The summed E-state index contributed by atoms with van der Waals surface area (Å²) in [5.74, 6) is 0.833. The van der Waals surface area contributed by atoms with E-state index in [2.05, 4.69) is 6.07 Å². The van der Waals surface area contributed by atoms with Crippen molar-refractivity contribution in [2.75, 3.05) is 13.2 Å². The van der Waals surface area contributed by atoms with Gasteiger partial charge in [-0.05, 0) is 42.7 Å². The Morgan fingerprint density at radius 3 is 2.24 bits per heavy atom. The maximum absolute atomic E-state index is 10.7. The highest BCUT2D eigenvalue weighted by atomic mass is 16.5. The van der Waals surface area contributed by atoms with Crippen molar-refractivity contribution in [1.29, 1.82) is 0 Å². The summed E-state index contributed by atoms with van der Waals surface area (Å²) < 4.78 is 5.77. The van der Waals surface area contributed by atoms with Gasteiger partial charge in [-0.25, -0.2) is 0 Å². The lowest BCUT2D eigenvalue weighted by Gasteiger charge is -2.27. The number of hydrogen-bond donors (Lipinski definition) is 2. The lowest BCUT2D eigenvalue weighted by molar-refractivity contribution is 0.0233. The van der Waals surface area contributed by atoms with Crippen LogP contribution < -0.4 is 10.5 Å². The fourth-order valence-corrected chi connectivity index (χ4v) is 2.47. The van der Waals surface area contributed by atoms with Crippen LogP contribution in [0.5, 0.6) is 5.75 Å². The van der Waals surface area contributed by atoms with Crippen LogP contribution in [0.3, 0.4) is 0 Å². The van der Waals surface area contributed by atoms with Crippen LogP contribution in [0.4, 0.5) is 0 Å². The first-order valence-corrected chi connectivity index (χ1v) is 7.22. The molecular weight excluding hydrogens is 262 g/mol. The normalized spacial score (nSPS) is 13.7. The van der Waals surface area contributed by atoms with Crippen LogP contribution in [-0.2, 0) is 5.60 Å². The van der Waals surface area contributed by atoms with Gasteiger partial charge in [0, 0.05) is 13.0 Å². The summed E-state index contributed by atoms with van der Waals surface area (Å²) in [6.07, 6.45) is 0.459. The topological polar surface area (TPSA) is 55.5 Å². The largest absolute Gasteiger partial charge is 0.493 e. The zero-order valence-corrected chi connectivity index (χ0v) is 12.7. The number of aliphatic hydroxyl groups is 1. The number of aryl methyl sites for hydroxylation is 2. The summed E-state index contributed by atoms with van der Waals surface area (Å²) in [6, 6.07) is 15.6. The smallest absolute Gasteiger partial charge is 0.119 e. The van der Waals surface area contributed by atoms with Crippen LogP contribution in [0.25, 0.3) is 0 Å². The van der Waals surface area contributed by atoms with E-state index < -0.39 is 5.60 Å². The quantitative estimate of drug-likeness (QED) is 0.858. The third-order valence-corrected chi connectivity index (χ3v) is 3.63. The van der Waals surface area contributed by atoms with Gasteiger partial charge in [-0.2, -0.15) is 0 Å². The Balaban J connectivity index is 2.00. The first kappa shape index (κ1) is 15.5. The Morgan fingerprint density at radius 1 is 1.05 bits per heavy atom. The molecule has 2 rings (SSSR count). The summed E-state index contributed by atoms with van der Waals surface area (Å²) in [5.41, 5.74) is 7.89. The molecule has 1 unspecified atom stereocenters. The molecule has 2 aromatic rings. The number of ether oxygens (including phenoxy) is 1. The summed E-state index contributed by atoms with van der Waals surface area (Å²) >= 11 is 0. The van der Waals surface area contributed by atoms with E-state index in [1.807, 2.05) is 56.3 Å². The van der Waals surface area contributed by atoms with E-state index in [9.17, 15) is 5.11 Å². The standard InChI is InChI=1S/C18H23NO2/c1-14-10-15(2)12-17(11-14)21-9-8-18(20,13-19)16-6-4-3-5-7-16/h3-7,10-12,20H,8-9,13,19H2,1-2H3. The van der Waals surface area contributed by atoms with Crippen LogP contribution in [0.15, 0.2) is 48.5 Å². The lowest BCUT2D eigenvalue weighted by atomic mass is 9.91. The Kier molecular flexibility index (Phi) is 4.99. The second-order valence-electron chi connectivity index (χ2n) is 5.52. The fourth-order valence-electron chi connectivity index (χ4n) is 2.47. The van der Waals surface area contributed by atoms with Crippen molar-refractivity contribution in [2.45, 2.75) is 25.9 Å². The predicted octanol–water partition coefficient (Wildman–Crippen LogP) is 2.92. The molecule has 0 aliphatic carbocycles. The molecule has 0 saturated heterocycles. The van der Waals surface area contributed by atoms with Crippen LogP contribution >= 0.6 is 0 Å². The number of rotatable bonds is 6. The van der Waals surface area contributed by atoms with Gasteiger partial charge in [0.05, 0.1) is 6.61 Å². The van der Waals surface area contributed by atoms with Gasteiger partial charge in [-0.15, -0.1) is 0 Å². The molecule has 0 fully saturated rings. The third kappa shape index (κ3) is 4.06. The van der Waals surface area contributed by atoms with Gasteiger partial charge in [0.15, 0.2) is 0 Å². The van der Waals surface area contributed by atoms with Gasteiger partial charge in [0.2, 0.25) is 0 Å². The average molecular weight is 285 g/mol. The van der Waals surface area contributed by atoms with Crippen LogP contribution in [0.1, 0.15) is 23.1 Å². The van der Waals surface area contributed by atoms with Crippen LogP contribution in [0.2, 0.25) is 0 Å². The van der Waals surface area contributed by atoms with Gasteiger partial charge in [-0.3, -0.25) is 0 Å². The maximum atomic E-state index is 10.7. The van der Waals surface area contributed by atoms with E-state index in [1.54, 1.807) is 0 Å². The van der Waals surface area contributed by atoms with Gasteiger partial charge in [0.25, 0.3) is 0 Å². The van der Waals surface area contributed by atoms with Gasteiger partial charge in [-0.1, -0.05) is 36.4 Å². The first-order chi connectivity index (χ1) is 10.0. The van der Waals surface area contributed by atoms with E-state index in [0.717, 1.165) is 11.3 Å². The molecule has 0 heterocycles. The van der Waals surface area contributed by atoms with Gasteiger partial charge < -0.3 is 15.6 Å². The predicted molar refractivity (Wildman–Crippen MR) is 85.4 cm³/mol. The number of hydrogen-bond acceptors (Lipinski definition) is 3. The van der Waals surface area contributed by atoms with Gasteiger partial charge >= 0.3 is 0 Å². The maximum Gasteiger partial charge on any atom is 0.119 e. The minimum Gasteiger partial charge on any atom is -0.493 e. The van der Waals surface area contributed by atoms with Gasteiger partial charge in [0.1, 0.15) is 11.4 Å². The molecule has 3 heteroatoms. The molecule has 0 bridgehead atoms. The van der Waals surface area contributed by atoms with Crippen molar-refractivity contribution in [1.82, 2.24) is 0 Å². The number of nitrogens with two attached hydrogens (primary N) is 1. The zero-order chi connectivity index (χ0) is 15.3. The molecule has 1 atom stereocenters. The van der Waals surface area contributed by atoms with Crippen LogP contribution in [0, 0.1) is 13.8 Å². The molecule has 3 nitrogen and oxygen atoms in total. The second kappa shape index (κ2) is 6.74. The highest BCUT2D eigenvalue weighted by molar-refractivity contribution is 5.33. The monoisotopic (exact) mass is 285 g/mol. The molecule has 21 heavy (non-hydrogen) atoms. The van der Waals surface area contributed by atoms with E-state index in [-0.39, 0.29) is 6.54 Å². The van der Waals surface area contributed by atoms with Crippen LogP contribution in [-0.4, -0.2) is 18.3 Å². The molecule has 0 aromatic heterocycles. The minimum absolute atomic E-state index is 0.174. The fraction of sp³-hybridized carbons (Fsp3) is 0.333. The highest BCUT2D eigenvalue weighted by Crippen LogP contribution is 2.24. The van der Waals surface area contributed by atoms with Crippen molar-refractivity contribution < 1.29 is 9.84 Å². The van der Waals surface area contributed by atoms with Crippen molar-refractivity contribution >= 4 is 0 Å². The lowest BCUT2D eigenvalue weighted by Crippen LogP contribution is -2.36. The Bertz CT molecular complexity index is 563. The number of benzene rings is 2. The molecule has 2 aromatic carbocycles. The Morgan fingerprint density at radius 2 is 1.67 bits per heavy atom. The summed E-state index contributed by atoms with van der Waals surface area (Å²) in [4.78, 5) is 0. The SMILES string of the molecule is Cc1cc(C)cc(OCCC(O)(CN)c2ccccc2)c1. The Hall–Kier alpha value is -1.84. The summed E-state index contributed by atoms with van der Waals surface area (Å²) in [7, 11) is 0. The second-order valence-corrected chi connectivity index (χ2v) is 5.52. The minimum atomic E-state index is -1.04. The van der Waals surface area contributed by atoms with Crippen molar-refractivity contribution in [3.05, 3.63) is 65.2 Å². The average Bonchev–Trinajstić information content (AvgIpc) is 2.47. The molecule has 0 amide bonds. The zero-order valence-electron chi connectivity index (χ0n) is 12.7. The molecule has 0 radical (unpaired) electrons. The Labute approximate surface area is 126 Å². The highest BCUT2D eigenvalue weighted by Gasteiger charge is 2.27.